The predicted octanol–water partition coefficient (Wildman–Crippen LogP) is 3.55. The standard InChI is InChI=1S/C22H26N2O5/c1-22(2,3)29-21(27)24-18(14-15-8-6-5-7-9-15)19(25)23-17-12-10-16(11-13-17)20(26)28-4/h5-13,18H,14H2,1-4H3,(H,23,25)(H,24,27)/t18-/m0/s1. The van der Waals surface area contributed by atoms with Gasteiger partial charge < -0.3 is 20.1 Å². The minimum atomic E-state index is -0.840. The lowest BCUT2D eigenvalue weighted by Crippen LogP contribution is -2.47. The zero-order valence-electron chi connectivity index (χ0n) is 17.0. The molecule has 1 atom stereocenters. The molecular formula is C22H26N2O5. The van der Waals surface area contributed by atoms with E-state index in [-0.39, 0.29) is 0 Å². The van der Waals surface area contributed by atoms with Crippen LogP contribution in [0.2, 0.25) is 0 Å². The summed E-state index contributed by atoms with van der Waals surface area (Å²) in [6, 6.07) is 14.8. The van der Waals surface area contributed by atoms with Crippen LogP contribution in [0, 0.1) is 0 Å². The molecule has 0 radical (unpaired) electrons. The van der Waals surface area contributed by atoms with Crippen LogP contribution in [0.3, 0.4) is 0 Å². The van der Waals surface area contributed by atoms with Gasteiger partial charge in [0, 0.05) is 12.1 Å². The van der Waals surface area contributed by atoms with Gasteiger partial charge in [0.05, 0.1) is 12.7 Å². The summed E-state index contributed by atoms with van der Waals surface area (Å²) in [4.78, 5) is 36.5. The number of methoxy groups -OCH3 is 1. The average Bonchev–Trinajstić information content (AvgIpc) is 2.66. The molecule has 0 aliphatic carbocycles. The number of alkyl carbamates (subject to hydrolysis) is 1. The van der Waals surface area contributed by atoms with Gasteiger partial charge in [0.1, 0.15) is 11.6 Å². The van der Waals surface area contributed by atoms with Crippen LogP contribution in [0.1, 0.15) is 36.7 Å². The molecule has 2 amide bonds. The second-order valence-electron chi connectivity index (χ2n) is 7.45. The van der Waals surface area contributed by atoms with Crippen molar-refractivity contribution in [1.82, 2.24) is 5.32 Å². The Balaban J connectivity index is 2.12. The number of amides is 2. The Morgan fingerprint density at radius 3 is 2.14 bits per heavy atom. The third kappa shape index (κ3) is 7.29. The van der Waals surface area contributed by atoms with Gasteiger partial charge in [0.2, 0.25) is 5.91 Å². The van der Waals surface area contributed by atoms with Crippen LogP contribution < -0.4 is 10.6 Å². The lowest BCUT2D eigenvalue weighted by Gasteiger charge is -2.23. The molecule has 2 N–H and O–H groups in total. The molecule has 2 aromatic carbocycles. The van der Waals surface area contributed by atoms with Crippen molar-refractivity contribution >= 4 is 23.7 Å². The fourth-order valence-electron chi connectivity index (χ4n) is 2.55. The number of anilines is 1. The van der Waals surface area contributed by atoms with Gasteiger partial charge in [-0.3, -0.25) is 4.79 Å². The summed E-state index contributed by atoms with van der Waals surface area (Å²) < 4.78 is 9.94. The first-order valence-electron chi connectivity index (χ1n) is 9.20. The van der Waals surface area contributed by atoms with E-state index in [4.69, 9.17) is 4.74 Å². The highest BCUT2D eigenvalue weighted by Gasteiger charge is 2.25. The van der Waals surface area contributed by atoms with Crippen molar-refractivity contribution in [1.29, 1.82) is 0 Å². The van der Waals surface area contributed by atoms with Crippen molar-refractivity contribution in [2.45, 2.75) is 38.8 Å². The summed E-state index contributed by atoms with van der Waals surface area (Å²) >= 11 is 0. The lowest BCUT2D eigenvalue weighted by molar-refractivity contribution is -0.118. The van der Waals surface area contributed by atoms with Crippen molar-refractivity contribution in [2.24, 2.45) is 0 Å². The van der Waals surface area contributed by atoms with E-state index in [2.05, 4.69) is 15.4 Å². The molecule has 0 saturated heterocycles. The van der Waals surface area contributed by atoms with Gasteiger partial charge in [-0.2, -0.15) is 0 Å². The smallest absolute Gasteiger partial charge is 0.408 e. The van der Waals surface area contributed by atoms with Gasteiger partial charge in [0.25, 0.3) is 0 Å². The normalized spacial score (nSPS) is 11.9. The maximum Gasteiger partial charge on any atom is 0.408 e. The highest BCUT2D eigenvalue weighted by Crippen LogP contribution is 2.13. The molecule has 7 heteroatoms. The molecule has 0 saturated carbocycles. The Morgan fingerprint density at radius 2 is 1.59 bits per heavy atom. The number of carbonyl (C=O) groups is 3. The number of hydrogen-bond donors (Lipinski definition) is 2. The Kier molecular flexibility index (Phi) is 7.36. The molecule has 0 unspecified atom stereocenters. The monoisotopic (exact) mass is 398 g/mol. The average molecular weight is 398 g/mol. The Bertz CT molecular complexity index is 842. The Labute approximate surface area is 170 Å². The number of esters is 1. The van der Waals surface area contributed by atoms with Crippen molar-refractivity contribution < 1.29 is 23.9 Å². The topological polar surface area (TPSA) is 93.7 Å². The largest absolute Gasteiger partial charge is 0.465 e. The number of hydrogen-bond acceptors (Lipinski definition) is 5. The number of benzene rings is 2. The highest BCUT2D eigenvalue weighted by molar-refractivity contribution is 5.97. The lowest BCUT2D eigenvalue weighted by atomic mass is 10.1. The van der Waals surface area contributed by atoms with Gasteiger partial charge >= 0.3 is 12.1 Å². The van der Waals surface area contributed by atoms with Gasteiger partial charge in [0.15, 0.2) is 0 Å². The minimum Gasteiger partial charge on any atom is -0.465 e. The van der Waals surface area contributed by atoms with Gasteiger partial charge in [-0.05, 0) is 50.6 Å². The highest BCUT2D eigenvalue weighted by atomic mass is 16.6. The number of ether oxygens (including phenoxy) is 2. The third-order valence-corrected chi connectivity index (χ3v) is 3.86. The quantitative estimate of drug-likeness (QED) is 0.726. The van der Waals surface area contributed by atoms with Crippen LogP contribution in [0.4, 0.5) is 10.5 Å². The molecule has 0 fully saturated rings. The fourth-order valence-corrected chi connectivity index (χ4v) is 2.55. The molecule has 2 aromatic rings. The molecule has 0 aliphatic heterocycles. The summed E-state index contributed by atoms with van der Waals surface area (Å²) in [5.74, 6) is -0.859. The first-order chi connectivity index (χ1) is 13.7. The molecule has 2 rings (SSSR count). The van der Waals surface area contributed by atoms with Crippen LogP contribution in [-0.2, 0) is 20.7 Å². The van der Waals surface area contributed by atoms with Crippen LogP contribution in [0.25, 0.3) is 0 Å². The van der Waals surface area contributed by atoms with Crippen molar-refractivity contribution in [3.8, 4) is 0 Å². The van der Waals surface area contributed by atoms with Gasteiger partial charge in [-0.1, -0.05) is 30.3 Å². The Hall–Kier alpha value is -3.35. The summed E-state index contributed by atoms with van der Waals surface area (Å²) in [5, 5.41) is 5.39. The van der Waals surface area contributed by atoms with E-state index < -0.39 is 29.6 Å². The maximum absolute atomic E-state index is 12.8. The zero-order valence-corrected chi connectivity index (χ0v) is 17.0. The predicted molar refractivity (Wildman–Crippen MR) is 110 cm³/mol. The zero-order chi connectivity index (χ0) is 21.4. The van der Waals surface area contributed by atoms with Crippen LogP contribution in [0.5, 0.6) is 0 Å². The van der Waals surface area contributed by atoms with E-state index in [0.717, 1.165) is 5.56 Å². The summed E-state index contributed by atoms with van der Waals surface area (Å²) in [6.45, 7) is 5.26. The van der Waals surface area contributed by atoms with Crippen molar-refractivity contribution in [2.75, 3.05) is 12.4 Å². The number of carbonyl (C=O) groups excluding carboxylic acids is 3. The summed E-state index contributed by atoms with van der Waals surface area (Å²) in [7, 11) is 1.30. The van der Waals surface area contributed by atoms with Crippen molar-refractivity contribution in [3.05, 3.63) is 65.7 Å². The molecule has 0 aromatic heterocycles. The molecule has 0 bridgehead atoms. The molecule has 0 aliphatic rings. The van der Waals surface area contributed by atoms with E-state index in [0.29, 0.717) is 17.7 Å². The Morgan fingerprint density at radius 1 is 0.966 bits per heavy atom. The molecule has 0 spiro atoms. The molecule has 29 heavy (non-hydrogen) atoms. The maximum atomic E-state index is 12.8. The van der Waals surface area contributed by atoms with E-state index in [9.17, 15) is 14.4 Å². The second-order valence-corrected chi connectivity index (χ2v) is 7.45. The second kappa shape index (κ2) is 9.73. The van der Waals surface area contributed by atoms with Gasteiger partial charge in [-0.15, -0.1) is 0 Å². The minimum absolute atomic E-state index is 0.298. The van der Waals surface area contributed by atoms with Crippen molar-refractivity contribution in [3.63, 3.8) is 0 Å². The van der Waals surface area contributed by atoms with Crippen LogP contribution >= 0.6 is 0 Å². The van der Waals surface area contributed by atoms with E-state index in [1.165, 1.54) is 7.11 Å². The van der Waals surface area contributed by atoms with Crippen LogP contribution in [0.15, 0.2) is 54.6 Å². The third-order valence-electron chi connectivity index (χ3n) is 3.86. The number of rotatable bonds is 6. The molecule has 154 valence electrons. The summed E-state index contributed by atoms with van der Waals surface area (Å²) in [5.41, 5.74) is 1.08. The SMILES string of the molecule is COC(=O)c1ccc(NC(=O)[C@H](Cc2ccccc2)NC(=O)OC(C)(C)C)cc1. The fraction of sp³-hybridized carbons (Fsp3) is 0.318. The van der Waals surface area contributed by atoms with E-state index >= 15 is 0 Å². The van der Waals surface area contributed by atoms with E-state index in [1.807, 2.05) is 30.3 Å². The molecule has 7 nitrogen and oxygen atoms in total. The van der Waals surface area contributed by atoms with Crippen LogP contribution in [-0.4, -0.2) is 36.7 Å². The van der Waals surface area contributed by atoms with Gasteiger partial charge in [-0.25, -0.2) is 9.59 Å². The van der Waals surface area contributed by atoms with E-state index in [1.54, 1.807) is 45.0 Å². The molecular weight excluding hydrogens is 372 g/mol. The summed E-state index contributed by atoms with van der Waals surface area (Å²) in [6.07, 6.45) is -0.374. The number of nitrogens with one attached hydrogen (secondary N) is 2. The first kappa shape index (κ1) is 21.9. The first-order valence-corrected chi connectivity index (χ1v) is 9.20. The molecule has 0 heterocycles.